The van der Waals surface area contributed by atoms with E-state index >= 15 is 0 Å². The smallest absolute Gasteiger partial charge is 0.208 e. The molecule has 0 unspecified atom stereocenters. The summed E-state index contributed by atoms with van der Waals surface area (Å²) in [7, 11) is 0. The first-order chi connectivity index (χ1) is 9.10. The Balaban J connectivity index is 1.94. The third-order valence-corrected chi connectivity index (χ3v) is 2.63. The zero-order chi connectivity index (χ0) is 13.8. The summed E-state index contributed by atoms with van der Waals surface area (Å²) in [5.74, 6) is -1.81. The zero-order valence-corrected chi connectivity index (χ0v) is 10.3. The van der Waals surface area contributed by atoms with Crippen LogP contribution in [0.1, 0.15) is 24.1 Å². The predicted molar refractivity (Wildman–Crippen MR) is 62.7 cm³/mol. The lowest BCUT2D eigenvalue weighted by Gasteiger charge is -2.05. The number of aryl methyl sites for hydroxylation is 1. The van der Waals surface area contributed by atoms with Gasteiger partial charge in [-0.1, -0.05) is 6.92 Å². The molecule has 102 valence electrons. The molecule has 6 heteroatoms. The van der Waals surface area contributed by atoms with Gasteiger partial charge in [0.15, 0.2) is 11.6 Å². The maximum absolute atomic E-state index is 13.3. The molecule has 0 saturated heterocycles. The molecule has 0 saturated carbocycles. The van der Waals surface area contributed by atoms with Crippen molar-refractivity contribution in [3.63, 3.8) is 0 Å². The molecule has 3 nitrogen and oxygen atoms in total. The second-order valence-corrected chi connectivity index (χ2v) is 4.04. The highest BCUT2D eigenvalue weighted by molar-refractivity contribution is 5.19. The molecule has 0 atom stereocenters. The van der Waals surface area contributed by atoms with Gasteiger partial charge in [0, 0.05) is 24.6 Å². The second-order valence-electron chi connectivity index (χ2n) is 4.04. The molecule has 0 bridgehead atoms. The molecule has 0 aliphatic carbocycles. The van der Waals surface area contributed by atoms with Gasteiger partial charge in [-0.25, -0.2) is 18.2 Å². The van der Waals surface area contributed by atoms with E-state index in [1.54, 1.807) is 6.20 Å². The van der Waals surface area contributed by atoms with Crippen LogP contribution in [-0.2, 0) is 19.5 Å². The van der Waals surface area contributed by atoms with Crippen LogP contribution in [-0.4, -0.2) is 4.98 Å². The number of halogens is 3. The van der Waals surface area contributed by atoms with Crippen LogP contribution in [0.25, 0.3) is 0 Å². The third-order valence-electron chi connectivity index (χ3n) is 2.63. The first-order valence-corrected chi connectivity index (χ1v) is 5.88. The van der Waals surface area contributed by atoms with Gasteiger partial charge in [-0.2, -0.15) is 0 Å². The van der Waals surface area contributed by atoms with E-state index in [9.17, 15) is 13.2 Å². The van der Waals surface area contributed by atoms with Crippen LogP contribution in [0.3, 0.4) is 0 Å². The molecule has 1 heterocycles. The summed E-state index contributed by atoms with van der Waals surface area (Å²) < 4.78 is 44.4. The van der Waals surface area contributed by atoms with Crippen molar-refractivity contribution in [3.05, 3.63) is 53.0 Å². The minimum Gasteiger partial charge on any atom is -0.444 e. The molecule has 1 aromatic carbocycles. The normalized spacial score (nSPS) is 10.9. The van der Waals surface area contributed by atoms with Crippen LogP contribution in [0.15, 0.2) is 22.7 Å². The van der Waals surface area contributed by atoms with Crippen molar-refractivity contribution in [1.82, 2.24) is 10.3 Å². The summed E-state index contributed by atoms with van der Waals surface area (Å²) in [6.07, 6.45) is 2.36. The third kappa shape index (κ3) is 3.35. The number of oxazole rings is 1. The van der Waals surface area contributed by atoms with Crippen LogP contribution < -0.4 is 5.32 Å². The molecule has 0 aliphatic rings. The fourth-order valence-corrected chi connectivity index (χ4v) is 1.60. The number of rotatable bonds is 5. The Morgan fingerprint density at radius 3 is 2.53 bits per heavy atom. The van der Waals surface area contributed by atoms with Gasteiger partial charge >= 0.3 is 0 Å². The summed E-state index contributed by atoms with van der Waals surface area (Å²) in [6.45, 7) is 2.29. The van der Waals surface area contributed by atoms with Crippen molar-refractivity contribution in [3.8, 4) is 0 Å². The van der Waals surface area contributed by atoms with E-state index in [4.69, 9.17) is 4.42 Å². The fourth-order valence-electron chi connectivity index (χ4n) is 1.60. The summed E-state index contributed by atoms with van der Waals surface area (Å²) in [5.41, 5.74) is 0.0566. The van der Waals surface area contributed by atoms with E-state index in [2.05, 4.69) is 10.3 Å². The minimum absolute atomic E-state index is 0.0566. The standard InChI is InChI=1S/C13H13F3N2O/c1-2-9-6-18-13(19-9)7-17-5-8-3-11(15)12(16)4-10(8)14/h3-4,6,17H,2,5,7H2,1H3. The van der Waals surface area contributed by atoms with Crippen LogP contribution in [0.5, 0.6) is 0 Å². The highest BCUT2D eigenvalue weighted by Crippen LogP contribution is 2.13. The lowest BCUT2D eigenvalue weighted by molar-refractivity contribution is 0.435. The van der Waals surface area contributed by atoms with Gasteiger partial charge in [-0.3, -0.25) is 0 Å². The molecular formula is C13H13F3N2O. The number of nitrogens with one attached hydrogen (secondary N) is 1. The Morgan fingerprint density at radius 2 is 1.84 bits per heavy atom. The highest BCUT2D eigenvalue weighted by Gasteiger charge is 2.10. The van der Waals surface area contributed by atoms with E-state index in [0.29, 0.717) is 18.5 Å². The van der Waals surface area contributed by atoms with Gasteiger partial charge < -0.3 is 9.73 Å². The van der Waals surface area contributed by atoms with Crippen LogP contribution >= 0.6 is 0 Å². The molecule has 19 heavy (non-hydrogen) atoms. The summed E-state index contributed by atoms with van der Waals surface area (Å²) in [5, 5.41) is 2.86. The Hall–Kier alpha value is -1.82. The van der Waals surface area contributed by atoms with Gasteiger partial charge in [-0.15, -0.1) is 0 Å². The largest absolute Gasteiger partial charge is 0.444 e. The number of hydrogen-bond acceptors (Lipinski definition) is 3. The molecule has 0 spiro atoms. The van der Waals surface area contributed by atoms with Crippen LogP contribution in [0.4, 0.5) is 13.2 Å². The first-order valence-electron chi connectivity index (χ1n) is 5.88. The van der Waals surface area contributed by atoms with E-state index in [0.717, 1.165) is 18.2 Å². The van der Waals surface area contributed by atoms with Crippen molar-refractivity contribution in [2.75, 3.05) is 0 Å². The van der Waals surface area contributed by atoms with Crippen molar-refractivity contribution in [1.29, 1.82) is 0 Å². The average molecular weight is 270 g/mol. The first kappa shape index (κ1) is 13.6. The molecule has 0 radical (unpaired) electrons. The Kier molecular flexibility index (Phi) is 4.21. The van der Waals surface area contributed by atoms with Crippen molar-refractivity contribution < 1.29 is 17.6 Å². The molecular weight excluding hydrogens is 257 g/mol. The highest BCUT2D eigenvalue weighted by atomic mass is 19.2. The SMILES string of the molecule is CCc1cnc(CNCc2cc(F)c(F)cc2F)o1. The van der Waals surface area contributed by atoms with E-state index in [-0.39, 0.29) is 12.1 Å². The van der Waals surface area contributed by atoms with Gasteiger partial charge in [-0.05, 0) is 6.07 Å². The molecule has 0 fully saturated rings. The second kappa shape index (κ2) is 5.88. The summed E-state index contributed by atoms with van der Waals surface area (Å²) in [6, 6.07) is 1.37. The van der Waals surface area contributed by atoms with Crippen molar-refractivity contribution in [2.24, 2.45) is 0 Å². The van der Waals surface area contributed by atoms with E-state index < -0.39 is 17.5 Å². The zero-order valence-electron chi connectivity index (χ0n) is 10.3. The Bertz CT molecular complexity index is 569. The van der Waals surface area contributed by atoms with Gasteiger partial charge in [0.05, 0.1) is 12.7 Å². The fraction of sp³-hybridized carbons (Fsp3) is 0.308. The molecule has 2 aromatic rings. The molecule has 1 N–H and O–H groups in total. The van der Waals surface area contributed by atoms with E-state index in [1.807, 2.05) is 6.92 Å². The lowest BCUT2D eigenvalue weighted by atomic mass is 10.2. The van der Waals surface area contributed by atoms with E-state index in [1.165, 1.54) is 0 Å². The van der Waals surface area contributed by atoms with Crippen molar-refractivity contribution >= 4 is 0 Å². The maximum Gasteiger partial charge on any atom is 0.208 e. The van der Waals surface area contributed by atoms with Crippen molar-refractivity contribution in [2.45, 2.75) is 26.4 Å². The van der Waals surface area contributed by atoms with Gasteiger partial charge in [0.1, 0.15) is 11.6 Å². The van der Waals surface area contributed by atoms with Gasteiger partial charge in [0.2, 0.25) is 5.89 Å². The molecule has 1 aromatic heterocycles. The van der Waals surface area contributed by atoms with Gasteiger partial charge in [0.25, 0.3) is 0 Å². The lowest BCUT2D eigenvalue weighted by Crippen LogP contribution is -2.14. The van der Waals surface area contributed by atoms with Crippen LogP contribution in [0, 0.1) is 17.5 Å². The number of benzene rings is 1. The predicted octanol–water partition coefficient (Wildman–Crippen LogP) is 2.94. The molecule has 2 rings (SSSR count). The minimum atomic E-state index is -1.19. The molecule has 0 amide bonds. The monoisotopic (exact) mass is 270 g/mol. The molecule has 0 aliphatic heterocycles. The maximum atomic E-state index is 13.3. The summed E-state index contributed by atoms with van der Waals surface area (Å²) in [4.78, 5) is 4.02. The quantitative estimate of drug-likeness (QED) is 0.849. The average Bonchev–Trinajstić information content (AvgIpc) is 2.83. The summed E-state index contributed by atoms with van der Waals surface area (Å²) >= 11 is 0. The number of aromatic nitrogens is 1. The number of nitrogens with zero attached hydrogens (tertiary/aromatic N) is 1. The Labute approximate surface area is 108 Å². The topological polar surface area (TPSA) is 38.1 Å². The Morgan fingerprint density at radius 1 is 1.11 bits per heavy atom. The number of hydrogen-bond donors (Lipinski definition) is 1. The van der Waals surface area contributed by atoms with Crippen LogP contribution in [0.2, 0.25) is 0 Å².